The molecule has 118 valence electrons. The first-order chi connectivity index (χ1) is 11.1. The maximum atomic E-state index is 11.6. The summed E-state index contributed by atoms with van der Waals surface area (Å²) in [6.07, 6.45) is 2.17. The fourth-order valence-electron chi connectivity index (χ4n) is 2.22. The van der Waals surface area contributed by atoms with Gasteiger partial charge >= 0.3 is 5.97 Å². The zero-order valence-corrected chi connectivity index (χ0v) is 14.8. The van der Waals surface area contributed by atoms with Crippen LogP contribution in [0.2, 0.25) is 0 Å². The molecular weight excluding hydrogens is 326 g/mol. The Kier molecular flexibility index (Phi) is 4.68. The second-order valence-electron chi connectivity index (χ2n) is 5.31. The van der Waals surface area contributed by atoms with Crippen LogP contribution in [0.5, 0.6) is 0 Å². The molecule has 0 aromatic heterocycles. The minimum atomic E-state index is -0.296. The van der Waals surface area contributed by atoms with Crippen LogP contribution in [-0.2, 0) is 4.74 Å². The molecule has 0 spiro atoms. The number of fused-ring (bicyclic) bond motifs is 1. The fraction of sp³-hybridized carbons (Fsp3) is 0.167. The Hall–Kier alpha value is -1.85. The van der Waals surface area contributed by atoms with Crippen LogP contribution in [0.3, 0.4) is 0 Å². The van der Waals surface area contributed by atoms with Gasteiger partial charge in [0.2, 0.25) is 0 Å². The quantitative estimate of drug-likeness (QED) is 0.751. The summed E-state index contributed by atoms with van der Waals surface area (Å²) in [5.41, 5.74) is 2.95. The molecule has 0 aliphatic carbocycles. The Morgan fingerprint density at radius 2 is 1.74 bits per heavy atom. The van der Waals surface area contributed by atoms with Gasteiger partial charge in [0, 0.05) is 29.6 Å². The van der Waals surface area contributed by atoms with E-state index < -0.39 is 0 Å². The average molecular weight is 343 g/mol. The molecular formula is C18H17NO2S2. The van der Waals surface area contributed by atoms with Gasteiger partial charge in [-0.2, -0.15) is 0 Å². The van der Waals surface area contributed by atoms with Crippen molar-refractivity contribution in [3.63, 3.8) is 0 Å². The smallest absolute Gasteiger partial charge is 0.337 e. The zero-order chi connectivity index (χ0) is 16.4. The lowest BCUT2D eigenvalue weighted by Crippen LogP contribution is -2.07. The molecule has 1 aliphatic heterocycles. The van der Waals surface area contributed by atoms with Crippen LogP contribution in [0.25, 0.3) is 6.08 Å². The van der Waals surface area contributed by atoms with Crippen molar-refractivity contribution in [2.75, 3.05) is 26.1 Å². The van der Waals surface area contributed by atoms with Crippen molar-refractivity contribution in [1.82, 2.24) is 0 Å². The largest absolute Gasteiger partial charge is 0.465 e. The molecule has 1 heterocycles. The number of hydrogen-bond donors (Lipinski definition) is 0. The van der Waals surface area contributed by atoms with Gasteiger partial charge in [-0.1, -0.05) is 35.7 Å². The van der Waals surface area contributed by atoms with Gasteiger partial charge in [-0.15, -0.1) is 0 Å². The van der Waals surface area contributed by atoms with Gasteiger partial charge in [-0.05, 0) is 42.0 Å². The summed E-state index contributed by atoms with van der Waals surface area (Å²) >= 11 is 3.42. The van der Waals surface area contributed by atoms with Gasteiger partial charge in [-0.25, -0.2) is 4.79 Å². The number of methoxy groups -OCH3 is 1. The molecule has 0 amide bonds. The number of anilines is 1. The van der Waals surface area contributed by atoms with Crippen molar-refractivity contribution in [3.8, 4) is 0 Å². The summed E-state index contributed by atoms with van der Waals surface area (Å²) in [5, 5.41) is 0. The molecule has 1 aliphatic rings. The molecule has 3 nitrogen and oxygen atoms in total. The van der Waals surface area contributed by atoms with Gasteiger partial charge in [0.25, 0.3) is 0 Å². The molecule has 2 aromatic rings. The van der Waals surface area contributed by atoms with E-state index in [-0.39, 0.29) is 5.97 Å². The van der Waals surface area contributed by atoms with Gasteiger partial charge in [0.1, 0.15) is 0 Å². The van der Waals surface area contributed by atoms with Gasteiger partial charge in [0.15, 0.2) is 0 Å². The van der Waals surface area contributed by atoms with Gasteiger partial charge in [-0.3, -0.25) is 0 Å². The van der Waals surface area contributed by atoms with Crippen molar-refractivity contribution in [3.05, 3.63) is 57.8 Å². The molecule has 2 aromatic carbocycles. The lowest BCUT2D eigenvalue weighted by Gasteiger charge is -2.11. The second kappa shape index (κ2) is 6.72. The summed E-state index contributed by atoms with van der Waals surface area (Å²) in [6, 6.07) is 14.1. The summed E-state index contributed by atoms with van der Waals surface area (Å²) in [5.74, 6) is -0.296. The topological polar surface area (TPSA) is 29.5 Å². The van der Waals surface area contributed by atoms with Crippen molar-refractivity contribution in [2.24, 2.45) is 0 Å². The number of hydrogen-bond acceptors (Lipinski definition) is 5. The fourth-order valence-corrected chi connectivity index (χ4v) is 4.65. The highest BCUT2D eigenvalue weighted by Gasteiger charge is 2.19. The summed E-state index contributed by atoms with van der Waals surface area (Å²) < 4.78 is 5.98. The molecule has 3 rings (SSSR count). The minimum absolute atomic E-state index is 0.296. The third-order valence-corrected chi connectivity index (χ3v) is 5.88. The van der Waals surface area contributed by atoms with E-state index in [1.807, 2.05) is 32.3 Å². The highest BCUT2D eigenvalue weighted by Crippen LogP contribution is 2.51. The maximum absolute atomic E-state index is 11.6. The maximum Gasteiger partial charge on any atom is 0.337 e. The lowest BCUT2D eigenvalue weighted by atomic mass is 10.2. The molecule has 0 unspecified atom stereocenters. The van der Waals surface area contributed by atoms with E-state index in [0.29, 0.717) is 5.56 Å². The van der Waals surface area contributed by atoms with Crippen LogP contribution < -0.4 is 4.90 Å². The number of rotatable bonds is 3. The van der Waals surface area contributed by atoms with Gasteiger partial charge < -0.3 is 9.64 Å². The summed E-state index contributed by atoms with van der Waals surface area (Å²) in [7, 11) is 5.47. The number of thioether (sulfide) groups is 2. The Labute approximate surface area is 144 Å². The number of carbonyl (C=O) groups is 1. The van der Waals surface area contributed by atoms with Gasteiger partial charge in [0.05, 0.1) is 16.9 Å². The van der Waals surface area contributed by atoms with Crippen molar-refractivity contribution in [2.45, 2.75) is 9.79 Å². The Morgan fingerprint density at radius 1 is 1.04 bits per heavy atom. The van der Waals surface area contributed by atoms with E-state index in [2.05, 4.69) is 35.2 Å². The molecule has 0 bridgehead atoms. The SMILES string of the molecule is COC(=O)c1ccc2c(c1)S/C(=C/c1ccc(N(C)C)cc1)S2. The van der Waals surface area contributed by atoms with E-state index in [1.54, 1.807) is 23.5 Å². The van der Waals surface area contributed by atoms with Crippen molar-refractivity contribution < 1.29 is 9.53 Å². The number of nitrogens with zero attached hydrogens (tertiary/aromatic N) is 1. The van der Waals surface area contributed by atoms with E-state index in [9.17, 15) is 4.79 Å². The molecule has 0 saturated carbocycles. The van der Waals surface area contributed by atoms with E-state index in [4.69, 9.17) is 4.74 Å². The molecule has 0 fully saturated rings. The first-order valence-corrected chi connectivity index (χ1v) is 8.77. The van der Waals surface area contributed by atoms with Crippen LogP contribution in [-0.4, -0.2) is 27.2 Å². The van der Waals surface area contributed by atoms with E-state index >= 15 is 0 Å². The standard InChI is InChI=1S/C18H17NO2S2/c1-19(2)14-7-4-12(5-8-14)10-17-22-15-9-6-13(18(20)21-3)11-16(15)23-17/h4-11H,1-3H3/b17-10+. The Bertz CT molecular complexity index is 767. The molecule has 0 radical (unpaired) electrons. The predicted octanol–water partition coefficient (Wildman–Crippen LogP) is 4.74. The van der Waals surface area contributed by atoms with Crippen molar-refractivity contribution >= 4 is 41.3 Å². The molecule has 23 heavy (non-hydrogen) atoms. The lowest BCUT2D eigenvalue weighted by molar-refractivity contribution is 0.0600. The first kappa shape index (κ1) is 16.0. The zero-order valence-electron chi connectivity index (χ0n) is 13.2. The summed E-state index contributed by atoms with van der Waals surface area (Å²) in [4.78, 5) is 16.0. The number of carbonyl (C=O) groups excluding carboxylic acids is 1. The van der Waals surface area contributed by atoms with E-state index in [1.165, 1.54) is 27.5 Å². The van der Waals surface area contributed by atoms with Crippen LogP contribution in [0, 0.1) is 0 Å². The third-order valence-electron chi connectivity index (χ3n) is 3.48. The Balaban J connectivity index is 1.79. The monoisotopic (exact) mass is 343 g/mol. The molecule has 0 atom stereocenters. The number of esters is 1. The summed E-state index contributed by atoms with van der Waals surface area (Å²) in [6.45, 7) is 0. The second-order valence-corrected chi connectivity index (χ2v) is 7.73. The average Bonchev–Trinajstić information content (AvgIpc) is 2.95. The molecule has 5 heteroatoms. The van der Waals surface area contributed by atoms with Crippen LogP contribution in [0.4, 0.5) is 5.69 Å². The van der Waals surface area contributed by atoms with E-state index in [0.717, 1.165) is 4.90 Å². The van der Waals surface area contributed by atoms with Crippen molar-refractivity contribution in [1.29, 1.82) is 0 Å². The Morgan fingerprint density at radius 3 is 2.39 bits per heavy atom. The highest BCUT2D eigenvalue weighted by atomic mass is 32.2. The predicted molar refractivity (Wildman–Crippen MR) is 98.2 cm³/mol. The highest BCUT2D eigenvalue weighted by molar-refractivity contribution is 8.24. The van der Waals surface area contributed by atoms with Crippen LogP contribution >= 0.6 is 23.5 Å². The molecule has 0 saturated heterocycles. The first-order valence-electron chi connectivity index (χ1n) is 7.14. The minimum Gasteiger partial charge on any atom is -0.465 e. The third kappa shape index (κ3) is 3.57. The number of ether oxygens (including phenoxy) is 1. The molecule has 0 N–H and O–H groups in total. The normalized spacial score (nSPS) is 14.7. The van der Waals surface area contributed by atoms with Crippen LogP contribution in [0.1, 0.15) is 15.9 Å². The van der Waals surface area contributed by atoms with Crippen LogP contribution in [0.15, 0.2) is 56.5 Å². The number of benzene rings is 2.